The van der Waals surface area contributed by atoms with Gasteiger partial charge >= 0.3 is 0 Å². The number of nitro groups is 2. The van der Waals surface area contributed by atoms with E-state index in [0.717, 1.165) is 11.6 Å². The summed E-state index contributed by atoms with van der Waals surface area (Å²) in [5, 5.41) is 24.1. The van der Waals surface area contributed by atoms with E-state index in [1.165, 1.54) is 31.2 Å². The maximum absolute atomic E-state index is 17.2. The molecule has 11 heteroatoms. The summed E-state index contributed by atoms with van der Waals surface area (Å²) in [6.07, 6.45) is 2.49. The van der Waals surface area contributed by atoms with Crippen LogP contribution >= 0.6 is 23.2 Å². The lowest BCUT2D eigenvalue weighted by atomic mass is 9.77. The zero-order valence-electron chi connectivity index (χ0n) is 18.8. The third-order valence-electron chi connectivity index (χ3n) is 6.66. The summed E-state index contributed by atoms with van der Waals surface area (Å²) in [5.74, 6) is 0. The van der Waals surface area contributed by atoms with E-state index in [4.69, 9.17) is 23.2 Å². The molecular weight excluding hydrogens is 498 g/mol. The number of benzene rings is 2. The van der Waals surface area contributed by atoms with Gasteiger partial charge in [-0.15, -0.1) is 0 Å². The summed E-state index contributed by atoms with van der Waals surface area (Å²) in [6.45, 7) is 2.71. The van der Waals surface area contributed by atoms with Crippen molar-refractivity contribution in [3.05, 3.63) is 102 Å². The molecule has 0 amide bonds. The summed E-state index contributed by atoms with van der Waals surface area (Å²) in [6, 6.07) is 10.9. The summed E-state index contributed by atoms with van der Waals surface area (Å²) < 4.78 is 17.2. The van der Waals surface area contributed by atoms with E-state index in [2.05, 4.69) is 0 Å². The van der Waals surface area contributed by atoms with Crippen LogP contribution in [0.3, 0.4) is 0 Å². The summed E-state index contributed by atoms with van der Waals surface area (Å²) in [7, 11) is 0. The van der Waals surface area contributed by atoms with Crippen LogP contribution in [0.25, 0.3) is 0 Å². The molecule has 0 radical (unpaired) electrons. The van der Waals surface area contributed by atoms with E-state index in [1.807, 2.05) is 35.2 Å². The Morgan fingerprint density at radius 1 is 1.11 bits per heavy atom. The van der Waals surface area contributed by atoms with Crippen molar-refractivity contribution in [3.63, 3.8) is 0 Å². The molecule has 3 unspecified atom stereocenters. The molecule has 0 saturated carbocycles. The molecule has 0 aromatic heterocycles. The minimum atomic E-state index is -2.52. The number of hydrogen-bond acceptors (Lipinski definition) is 6. The van der Waals surface area contributed by atoms with Crippen molar-refractivity contribution in [2.24, 2.45) is 0 Å². The molecule has 2 aromatic carbocycles. The van der Waals surface area contributed by atoms with Gasteiger partial charge in [-0.2, -0.15) is 0 Å². The number of nitro benzene ring substituents is 1. The monoisotopic (exact) mass is 520 g/mol. The SMILES string of the molecule is CC1=C(Cl)C=CC([N+](=O)[O-])C1(F)C1CN(Cc2ccccc2)CCN1c1ccc(Cl)cc1[N+](=O)[O-]. The molecule has 184 valence electrons. The van der Waals surface area contributed by atoms with Crippen LogP contribution in [0.2, 0.25) is 5.02 Å². The Morgan fingerprint density at radius 3 is 2.49 bits per heavy atom. The molecule has 1 fully saturated rings. The number of alkyl halides is 1. The summed E-state index contributed by atoms with van der Waals surface area (Å²) in [4.78, 5) is 26.1. The van der Waals surface area contributed by atoms with Crippen LogP contribution in [0.5, 0.6) is 0 Å². The maximum atomic E-state index is 17.2. The quantitative estimate of drug-likeness (QED) is 0.375. The third-order valence-corrected chi connectivity index (χ3v) is 7.30. The lowest BCUT2D eigenvalue weighted by Gasteiger charge is -2.49. The number of hydrogen-bond donors (Lipinski definition) is 0. The fourth-order valence-electron chi connectivity index (χ4n) is 4.87. The fourth-order valence-corrected chi connectivity index (χ4v) is 5.26. The topological polar surface area (TPSA) is 92.8 Å². The Hall–Kier alpha value is -3.01. The smallest absolute Gasteiger partial charge is 0.294 e. The van der Waals surface area contributed by atoms with Crippen molar-refractivity contribution in [1.29, 1.82) is 0 Å². The number of nitrogens with zero attached hydrogens (tertiary/aromatic N) is 4. The molecule has 2 aliphatic rings. The van der Waals surface area contributed by atoms with Gasteiger partial charge in [-0.1, -0.05) is 53.5 Å². The number of rotatable bonds is 6. The lowest BCUT2D eigenvalue weighted by molar-refractivity contribution is -0.526. The molecule has 0 bridgehead atoms. The fraction of sp³-hybridized carbons (Fsp3) is 0.333. The second-order valence-corrected chi connectivity index (χ2v) is 9.49. The van der Waals surface area contributed by atoms with Gasteiger partial charge in [0.1, 0.15) is 5.69 Å². The normalized spacial score (nSPS) is 25.1. The molecule has 1 aliphatic carbocycles. The average Bonchev–Trinajstić information content (AvgIpc) is 2.83. The maximum Gasteiger partial charge on any atom is 0.294 e. The Labute approximate surface area is 211 Å². The molecule has 1 saturated heterocycles. The minimum absolute atomic E-state index is 0.0246. The van der Waals surface area contributed by atoms with Gasteiger partial charge in [0.05, 0.1) is 11.0 Å². The number of halogens is 3. The van der Waals surface area contributed by atoms with E-state index in [1.54, 1.807) is 4.90 Å². The third kappa shape index (κ3) is 4.76. The van der Waals surface area contributed by atoms with E-state index < -0.39 is 27.6 Å². The van der Waals surface area contributed by atoms with Crippen LogP contribution in [0.15, 0.2) is 71.3 Å². The van der Waals surface area contributed by atoms with Crippen molar-refractivity contribution >= 4 is 34.6 Å². The molecule has 0 spiro atoms. The van der Waals surface area contributed by atoms with Gasteiger partial charge < -0.3 is 4.90 Å². The van der Waals surface area contributed by atoms with E-state index in [-0.39, 0.29) is 40.1 Å². The van der Waals surface area contributed by atoms with Crippen LogP contribution in [-0.2, 0) is 6.54 Å². The highest BCUT2D eigenvalue weighted by Crippen LogP contribution is 2.44. The van der Waals surface area contributed by atoms with Crippen molar-refractivity contribution in [1.82, 2.24) is 4.90 Å². The van der Waals surface area contributed by atoms with Crippen LogP contribution < -0.4 is 4.90 Å². The van der Waals surface area contributed by atoms with Gasteiger partial charge in [-0.05, 0) is 42.3 Å². The zero-order valence-corrected chi connectivity index (χ0v) is 20.3. The first kappa shape index (κ1) is 25.1. The highest BCUT2D eigenvalue weighted by Gasteiger charge is 2.59. The lowest BCUT2D eigenvalue weighted by Crippen LogP contribution is -2.66. The Bertz CT molecular complexity index is 1210. The summed E-state index contributed by atoms with van der Waals surface area (Å²) in [5.41, 5.74) is -1.62. The minimum Gasteiger partial charge on any atom is -0.357 e. The largest absolute Gasteiger partial charge is 0.357 e. The van der Waals surface area contributed by atoms with E-state index in [9.17, 15) is 20.2 Å². The predicted octanol–water partition coefficient (Wildman–Crippen LogP) is 5.38. The van der Waals surface area contributed by atoms with Gasteiger partial charge in [-0.3, -0.25) is 25.1 Å². The number of anilines is 1. The Balaban J connectivity index is 1.82. The Kier molecular flexibility index (Phi) is 7.12. The van der Waals surface area contributed by atoms with Gasteiger partial charge in [0, 0.05) is 47.2 Å². The molecule has 0 N–H and O–H groups in total. The van der Waals surface area contributed by atoms with Gasteiger partial charge in [0.15, 0.2) is 0 Å². The van der Waals surface area contributed by atoms with Crippen molar-refractivity contribution < 1.29 is 14.2 Å². The average molecular weight is 521 g/mol. The second kappa shape index (κ2) is 9.93. The molecule has 8 nitrogen and oxygen atoms in total. The second-order valence-electron chi connectivity index (χ2n) is 8.65. The van der Waals surface area contributed by atoms with Crippen molar-refractivity contribution in [2.45, 2.75) is 31.2 Å². The van der Waals surface area contributed by atoms with Crippen molar-refractivity contribution in [2.75, 3.05) is 24.5 Å². The molecule has 1 aliphatic heterocycles. The van der Waals surface area contributed by atoms with Crippen LogP contribution in [0, 0.1) is 20.2 Å². The predicted molar refractivity (Wildman–Crippen MR) is 133 cm³/mol. The Morgan fingerprint density at radius 2 is 1.83 bits per heavy atom. The van der Waals surface area contributed by atoms with Crippen LogP contribution in [0.4, 0.5) is 15.8 Å². The van der Waals surface area contributed by atoms with Gasteiger partial charge in [-0.25, -0.2) is 4.39 Å². The van der Waals surface area contributed by atoms with E-state index in [0.29, 0.717) is 13.1 Å². The first-order chi connectivity index (χ1) is 16.6. The van der Waals surface area contributed by atoms with Crippen molar-refractivity contribution in [3.8, 4) is 0 Å². The molecular formula is C24H23Cl2FN4O4. The number of piperazine rings is 1. The first-order valence-corrected chi connectivity index (χ1v) is 11.7. The molecule has 3 atom stereocenters. The zero-order chi connectivity index (χ0) is 25.3. The van der Waals surface area contributed by atoms with Crippen LogP contribution in [-0.4, -0.2) is 52.1 Å². The summed E-state index contributed by atoms with van der Waals surface area (Å²) >= 11 is 12.3. The molecule has 35 heavy (non-hydrogen) atoms. The molecule has 2 aromatic rings. The highest BCUT2D eigenvalue weighted by atomic mass is 35.5. The highest BCUT2D eigenvalue weighted by molar-refractivity contribution is 6.32. The standard InChI is InChI=1S/C24H23Cl2FN4O4/c1-16-19(26)8-10-22(31(34)35)24(16,27)23-15-28(14-17-5-3-2-4-6-17)11-12-29(23)20-9-7-18(25)13-21(20)30(32)33/h2-10,13,22-23H,11-12,14-15H2,1H3. The molecule has 4 rings (SSSR count). The first-order valence-electron chi connectivity index (χ1n) is 11.0. The molecule has 1 heterocycles. The van der Waals surface area contributed by atoms with E-state index >= 15 is 4.39 Å². The van der Waals surface area contributed by atoms with Gasteiger partial charge in [0.25, 0.3) is 11.7 Å². The van der Waals surface area contributed by atoms with Crippen LogP contribution in [0.1, 0.15) is 12.5 Å². The number of allylic oxidation sites excluding steroid dienone is 2. The van der Waals surface area contributed by atoms with Gasteiger partial charge in [0.2, 0.25) is 5.67 Å².